The summed E-state index contributed by atoms with van der Waals surface area (Å²) >= 11 is 0. The van der Waals surface area contributed by atoms with Crippen molar-refractivity contribution in [3.05, 3.63) is 0 Å². The number of carbonyl (C=O) groups is 3. The predicted octanol–water partition coefficient (Wildman–Crippen LogP) is -1.60. The Hall–Kier alpha value is -1.59. The third kappa shape index (κ3) is 3.00. The summed E-state index contributed by atoms with van der Waals surface area (Å²) in [5.74, 6) is -3.43. The van der Waals surface area contributed by atoms with Crippen LogP contribution in [-0.2, 0) is 14.4 Å². The third-order valence-corrected chi connectivity index (χ3v) is 1.20. The average Bonchev–Trinajstić information content (AvgIpc) is 1.98. The van der Waals surface area contributed by atoms with Gasteiger partial charge < -0.3 is 15.7 Å². The SMILES string of the molecule is CCN(CC(N)=O)C(=O)C(=O)O. The number of hydrogen-bond acceptors (Lipinski definition) is 3. The minimum absolute atomic E-state index is 0.147. The minimum Gasteiger partial charge on any atom is -0.474 e. The second kappa shape index (κ2) is 4.32. The van der Waals surface area contributed by atoms with Crippen molar-refractivity contribution in [1.29, 1.82) is 0 Å². The Balaban J connectivity index is 4.24. The molecule has 6 heteroatoms. The van der Waals surface area contributed by atoms with Gasteiger partial charge in [0.2, 0.25) is 5.91 Å². The molecule has 2 amide bonds. The first-order valence-corrected chi connectivity index (χ1v) is 3.29. The van der Waals surface area contributed by atoms with Gasteiger partial charge in [-0.3, -0.25) is 9.59 Å². The number of likely N-dealkylation sites (N-methyl/N-ethyl adjacent to an activating group) is 1. The van der Waals surface area contributed by atoms with Crippen LogP contribution in [0.15, 0.2) is 0 Å². The maximum Gasteiger partial charge on any atom is 0.394 e. The highest BCUT2D eigenvalue weighted by molar-refractivity contribution is 6.31. The van der Waals surface area contributed by atoms with Gasteiger partial charge in [-0.1, -0.05) is 0 Å². The van der Waals surface area contributed by atoms with E-state index in [0.717, 1.165) is 4.90 Å². The molecule has 0 aliphatic heterocycles. The van der Waals surface area contributed by atoms with Gasteiger partial charge in [-0.15, -0.1) is 0 Å². The molecule has 0 unspecified atom stereocenters. The monoisotopic (exact) mass is 174 g/mol. The summed E-state index contributed by atoms with van der Waals surface area (Å²) in [5.41, 5.74) is 4.78. The molecule has 12 heavy (non-hydrogen) atoms. The summed E-state index contributed by atoms with van der Waals surface area (Å²) in [6.07, 6.45) is 0. The molecule has 3 N–H and O–H groups in total. The molecule has 0 heterocycles. The Morgan fingerprint density at radius 1 is 1.42 bits per heavy atom. The smallest absolute Gasteiger partial charge is 0.394 e. The topological polar surface area (TPSA) is 101 Å². The first-order chi connectivity index (χ1) is 5.49. The Labute approximate surface area is 68.9 Å². The molecule has 0 aromatic carbocycles. The first-order valence-electron chi connectivity index (χ1n) is 3.29. The predicted molar refractivity (Wildman–Crippen MR) is 39.1 cm³/mol. The number of rotatable bonds is 3. The molecule has 0 aliphatic rings. The van der Waals surface area contributed by atoms with Gasteiger partial charge in [0.05, 0.1) is 6.54 Å². The number of nitrogens with two attached hydrogens (primary N) is 1. The van der Waals surface area contributed by atoms with Crippen molar-refractivity contribution in [2.75, 3.05) is 13.1 Å². The number of carboxylic acids is 1. The number of primary amides is 1. The van der Waals surface area contributed by atoms with Crippen LogP contribution in [-0.4, -0.2) is 40.9 Å². The van der Waals surface area contributed by atoms with Crippen LogP contribution in [0.2, 0.25) is 0 Å². The molecular formula is C6H10N2O4. The highest BCUT2D eigenvalue weighted by atomic mass is 16.4. The zero-order valence-corrected chi connectivity index (χ0v) is 6.61. The summed E-state index contributed by atoms with van der Waals surface area (Å²) in [6.45, 7) is 1.35. The van der Waals surface area contributed by atoms with Crippen molar-refractivity contribution >= 4 is 17.8 Å². The fraction of sp³-hybridized carbons (Fsp3) is 0.500. The van der Waals surface area contributed by atoms with Gasteiger partial charge in [-0.2, -0.15) is 0 Å². The zero-order chi connectivity index (χ0) is 9.72. The van der Waals surface area contributed by atoms with Gasteiger partial charge in [0.1, 0.15) is 0 Å². The molecule has 0 bridgehead atoms. The van der Waals surface area contributed by atoms with Crippen molar-refractivity contribution < 1.29 is 19.5 Å². The van der Waals surface area contributed by atoms with Crippen LogP contribution in [0.25, 0.3) is 0 Å². The quantitative estimate of drug-likeness (QED) is 0.503. The summed E-state index contributed by atoms with van der Waals surface area (Å²) in [4.78, 5) is 32.0. The van der Waals surface area contributed by atoms with E-state index in [1.165, 1.54) is 0 Å². The van der Waals surface area contributed by atoms with E-state index in [0.29, 0.717) is 0 Å². The van der Waals surface area contributed by atoms with Gasteiger partial charge in [0.15, 0.2) is 0 Å². The van der Waals surface area contributed by atoms with E-state index in [4.69, 9.17) is 10.8 Å². The molecule has 6 nitrogen and oxygen atoms in total. The van der Waals surface area contributed by atoms with Gasteiger partial charge in [-0.25, -0.2) is 4.79 Å². The maximum absolute atomic E-state index is 10.7. The Kier molecular flexibility index (Phi) is 3.75. The molecular weight excluding hydrogens is 164 g/mol. The van der Waals surface area contributed by atoms with Crippen LogP contribution in [0.1, 0.15) is 6.92 Å². The van der Waals surface area contributed by atoms with Gasteiger partial charge >= 0.3 is 11.9 Å². The van der Waals surface area contributed by atoms with Gasteiger partial charge in [0.25, 0.3) is 0 Å². The number of nitrogens with zero attached hydrogens (tertiary/aromatic N) is 1. The van der Waals surface area contributed by atoms with E-state index in [9.17, 15) is 14.4 Å². The highest BCUT2D eigenvalue weighted by Gasteiger charge is 2.20. The highest BCUT2D eigenvalue weighted by Crippen LogP contribution is 1.88. The molecule has 0 rings (SSSR count). The molecule has 0 aromatic heterocycles. The van der Waals surface area contributed by atoms with Gasteiger partial charge in [0, 0.05) is 6.54 Å². The van der Waals surface area contributed by atoms with Crippen LogP contribution >= 0.6 is 0 Å². The molecule has 0 aromatic rings. The van der Waals surface area contributed by atoms with Crippen LogP contribution in [0, 0.1) is 0 Å². The maximum atomic E-state index is 10.7. The molecule has 0 radical (unpaired) electrons. The van der Waals surface area contributed by atoms with Crippen LogP contribution in [0.5, 0.6) is 0 Å². The van der Waals surface area contributed by atoms with Crippen molar-refractivity contribution in [2.45, 2.75) is 6.92 Å². The minimum atomic E-state index is -1.59. The second-order valence-corrected chi connectivity index (χ2v) is 2.09. The van der Waals surface area contributed by atoms with Crippen LogP contribution < -0.4 is 5.73 Å². The Bertz CT molecular complexity index is 214. The van der Waals surface area contributed by atoms with Gasteiger partial charge in [-0.05, 0) is 6.92 Å². The number of carbonyl (C=O) groups excluding carboxylic acids is 2. The van der Waals surface area contributed by atoms with E-state index in [-0.39, 0.29) is 13.1 Å². The fourth-order valence-corrected chi connectivity index (χ4v) is 0.651. The van der Waals surface area contributed by atoms with Crippen molar-refractivity contribution in [1.82, 2.24) is 4.90 Å². The Morgan fingerprint density at radius 2 is 1.92 bits per heavy atom. The molecule has 0 spiro atoms. The summed E-state index contributed by atoms with van der Waals surface area (Å²) in [5, 5.41) is 8.25. The molecule has 0 saturated carbocycles. The van der Waals surface area contributed by atoms with E-state index in [1.807, 2.05) is 0 Å². The Morgan fingerprint density at radius 3 is 2.17 bits per heavy atom. The van der Waals surface area contributed by atoms with E-state index in [1.54, 1.807) is 6.92 Å². The zero-order valence-electron chi connectivity index (χ0n) is 6.61. The molecule has 0 aliphatic carbocycles. The van der Waals surface area contributed by atoms with Crippen molar-refractivity contribution in [3.63, 3.8) is 0 Å². The molecule has 0 saturated heterocycles. The van der Waals surface area contributed by atoms with E-state index >= 15 is 0 Å². The fourth-order valence-electron chi connectivity index (χ4n) is 0.651. The van der Waals surface area contributed by atoms with Crippen molar-refractivity contribution in [2.24, 2.45) is 5.73 Å². The van der Waals surface area contributed by atoms with E-state index < -0.39 is 17.8 Å². The largest absolute Gasteiger partial charge is 0.474 e. The standard InChI is InChI=1S/C6H10N2O4/c1-2-8(3-4(7)9)5(10)6(11)12/h2-3H2,1H3,(H2,7,9)(H,11,12). The lowest BCUT2D eigenvalue weighted by Crippen LogP contribution is -2.41. The summed E-state index contributed by atoms with van der Waals surface area (Å²) < 4.78 is 0. The molecule has 0 atom stereocenters. The lowest BCUT2D eigenvalue weighted by Gasteiger charge is -2.15. The number of amides is 2. The number of hydrogen-bond donors (Lipinski definition) is 2. The molecule has 0 fully saturated rings. The first kappa shape index (κ1) is 10.4. The lowest BCUT2D eigenvalue weighted by atomic mass is 10.4. The normalized spacial score (nSPS) is 9.08. The third-order valence-electron chi connectivity index (χ3n) is 1.20. The lowest BCUT2D eigenvalue weighted by molar-refractivity contribution is -0.156. The second-order valence-electron chi connectivity index (χ2n) is 2.09. The number of carboxylic acid groups (broad SMARTS) is 1. The molecule has 68 valence electrons. The summed E-state index contributed by atoms with van der Waals surface area (Å²) in [7, 11) is 0. The van der Waals surface area contributed by atoms with Crippen molar-refractivity contribution in [3.8, 4) is 0 Å². The van der Waals surface area contributed by atoms with E-state index in [2.05, 4.69) is 0 Å². The van der Waals surface area contributed by atoms with Crippen LogP contribution in [0.3, 0.4) is 0 Å². The van der Waals surface area contributed by atoms with Crippen LogP contribution in [0.4, 0.5) is 0 Å². The number of aliphatic carboxylic acids is 1. The average molecular weight is 174 g/mol. The summed E-state index contributed by atoms with van der Waals surface area (Å²) in [6, 6.07) is 0.